The average molecular weight is 363 g/mol. The highest BCUT2D eigenvalue weighted by Gasteiger charge is 2.32. The van der Waals surface area contributed by atoms with Gasteiger partial charge in [-0.3, -0.25) is 4.79 Å². The van der Waals surface area contributed by atoms with Crippen LogP contribution in [0.2, 0.25) is 0 Å². The second kappa shape index (κ2) is 5.26. The predicted molar refractivity (Wildman–Crippen MR) is 88.1 cm³/mol. The number of aromatic amines is 1. The number of carbonyl (C=O) groups is 1. The van der Waals surface area contributed by atoms with Gasteiger partial charge < -0.3 is 10.7 Å². The van der Waals surface area contributed by atoms with Gasteiger partial charge in [0.05, 0.1) is 16.2 Å². The van der Waals surface area contributed by atoms with E-state index in [0.717, 1.165) is 72.1 Å². The number of fused-ring (bicyclic) bond motifs is 2. The Hall–Kier alpha value is -1.56. The second-order valence-electron chi connectivity index (χ2n) is 6.26. The van der Waals surface area contributed by atoms with Crippen LogP contribution < -0.4 is 5.73 Å². The van der Waals surface area contributed by atoms with E-state index < -0.39 is 0 Å². The zero-order chi connectivity index (χ0) is 15.3. The monoisotopic (exact) mass is 362 g/mol. The van der Waals surface area contributed by atoms with Crippen molar-refractivity contribution < 1.29 is 4.79 Å². The molecule has 0 aliphatic heterocycles. The first-order valence-corrected chi connectivity index (χ1v) is 8.72. The molecule has 0 radical (unpaired) electrons. The van der Waals surface area contributed by atoms with Crippen LogP contribution in [0.5, 0.6) is 0 Å². The van der Waals surface area contributed by atoms with E-state index in [4.69, 9.17) is 5.73 Å². The van der Waals surface area contributed by atoms with Gasteiger partial charge in [-0.1, -0.05) is 0 Å². The van der Waals surface area contributed by atoms with Gasteiger partial charge in [0.2, 0.25) is 0 Å². The van der Waals surface area contributed by atoms with Crippen LogP contribution in [0.25, 0.3) is 0 Å². The van der Waals surface area contributed by atoms with Crippen LogP contribution >= 0.6 is 15.9 Å². The second-order valence-corrected chi connectivity index (χ2v) is 7.12. The van der Waals surface area contributed by atoms with Gasteiger partial charge in [-0.05, 0) is 72.5 Å². The summed E-state index contributed by atoms with van der Waals surface area (Å²) in [4.78, 5) is 16.3. The minimum atomic E-state index is -0.144. The summed E-state index contributed by atoms with van der Waals surface area (Å²) >= 11 is 3.47. The van der Waals surface area contributed by atoms with E-state index in [2.05, 4.69) is 26.0 Å². The molecule has 0 bridgehead atoms. The fraction of sp³-hybridized carbons (Fsp3) is 0.500. The molecule has 0 saturated heterocycles. The number of carbonyl (C=O) groups excluding carboxylic acids is 1. The first-order valence-electron chi connectivity index (χ1n) is 7.93. The van der Waals surface area contributed by atoms with Crippen molar-refractivity contribution in [3.63, 3.8) is 0 Å². The molecular formula is C16H19BrN4O. The molecule has 2 heterocycles. The maximum Gasteiger partial charge on any atom is 0.256 e. The number of hydrogen-bond donors (Lipinski definition) is 2. The Labute approximate surface area is 137 Å². The zero-order valence-corrected chi connectivity index (χ0v) is 13.9. The molecule has 2 aliphatic rings. The third-order valence-corrected chi connectivity index (χ3v) is 5.33. The van der Waals surface area contributed by atoms with E-state index in [9.17, 15) is 4.79 Å². The van der Waals surface area contributed by atoms with Crippen LogP contribution in [-0.2, 0) is 19.3 Å². The normalized spacial score (nSPS) is 20.5. The highest BCUT2D eigenvalue weighted by molar-refractivity contribution is 9.10. The van der Waals surface area contributed by atoms with Crippen LogP contribution in [0.3, 0.4) is 0 Å². The number of anilines is 1. The molecule has 1 atom stereocenters. The largest absolute Gasteiger partial charge is 0.383 e. The number of nitrogens with one attached hydrogen (secondary N) is 1. The number of nitrogen functional groups attached to an aromatic ring is 1. The summed E-state index contributed by atoms with van der Waals surface area (Å²) in [5.41, 5.74) is 10.6. The first-order chi connectivity index (χ1) is 10.6. The standard InChI is InChI=1S/C16H19BrN4O/c17-14-8-11-9(5-3-7-12(11)19-14)16(22)21-15(18)10-4-1-2-6-13(10)20-21/h8-9,19H,1-7,18H2/t9-/m0/s1. The van der Waals surface area contributed by atoms with E-state index in [-0.39, 0.29) is 11.8 Å². The number of aromatic nitrogens is 3. The lowest BCUT2D eigenvalue weighted by Crippen LogP contribution is -2.25. The number of halogens is 1. The molecule has 0 fully saturated rings. The maximum atomic E-state index is 13.0. The Balaban J connectivity index is 1.72. The van der Waals surface area contributed by atoms with Crippen molar-refractivity contribution in [3.05, 3.63) is 33.2 Å². The molecular weight excluding hydrogens is 344 g/mol. The van der Waals surface area contributed by atoms with Crippen LogP contribution in [0.4, 0.5) is 5.82 Å². The molecule has 3 N–H and O–H groups in total. The number of nitrogens with two attached hydrogens (primary N) is 1. The van der Waals surface area contributed by atoms with Gasteiger partial charge in [-0.25, -0.2) is 0 Å². The Kier molecular flexibility index (Phi) is 3.36. The van der Waals surface area contributed by atoms with Gasteiger partial charge >= 0.3 is 0 Å². The summed E-state index contributed by atoms with van der Waals surface area (Å²) in [5.74, 6) is 0.427. The summed E-state index contributed by atoms with van der Waals surface area (Å²) in [7, 11) is 0. The van der Waals surface area contributed by atoms with Crippen molar-refractivity contribution in [1.82, 2.24) is 14.8 Å². The van der Waals surface area contributed by atoms with Crippen molar-refractivity contribution in [2.24, 2.45) is 0 Å². The molecule has 0 saturated carbocycles. The maximum absolute atomic E-state index is 13.0. The fourth-order valence-corrected chi connectivity index (χ4v) is 4.27. The number of nitrogens with zero attached hydrogens (tertiary/aromatic N) is 2. The van der Waals surface area contributed by atoms with Gasteiger partial charge in [0, 0.05) is 11.3 Å². The lowest BCUT2D eigenvalue weighted by Gasteiger charge is -2.21. The van der Waals surface area contributed by atoms with Gasteiger partial charge in [-0.15, -0.1) is 0 Å². The molecule has 2 aromatic heterocycles. The number of aryl methyl sites for hydroxylation is 2. The third-order valence-electron chi connectivity index (χ3n) is 4.90. The van der Waals surface area contributed by atoms with E-state index in [1.807, 2.05) is 6.07 Å². The minimum absolute atomic E-state index is 0.0133. The highest BCUT2D eigenvalue weighted by Crippen LogP contribution is 2.36. The summed E-state index contributed by atoms with van der Waals surface area (Å²) in [6.07, 6.45) is 7.02. The average Bonchev–Trinajstić information content (AvgIpc) is 3.06. The van der Waals surface area contributed by atoms with Gasteiger partial charge in [0.25, 0.3) is 5.91 Å². The lowest BCUT2D eigenvalue weighted by molar-refractivity contribution is 0.0854. The van der Waals surface area contributed by atoms with Crippen molar-refractivity contribution in [1.29, 1.82) is 0 Å². The van der Waals surface area contributed by atoms with Gasteiger partial charge in [-0.2, -0.15) is 9.78 Å². The lowest BCUT2D eigenvalue weighted by atomic mass is 9.86. The van der Waals surface area contributed by atoms with Gasteiger partial charge in [0.15, 0.2) is 0 Å². The molecule has 5 nitrogen and oxygen atoms in total. The SMILES string of the molecule is Nc1c2c(nn1C(=O)[C@H]1CCCc3[nH]c(Br)cc31)CCCC2. The summed E-state index contributed by atoms with van der Waals surface area (Å²) in [5, 5.41) is 4.53. The highest BCUT2D eigenvalue weighted by atomic mass is 79.9. The van der Waals surface area contributed by atoms with E-state index in [0.29, 0.717) is 5.82 Å². The molecule has 116 valence electrons. The molecule has 0 amide bonds. The third kappa shape index (κ3) is 2.12. The van der Waals surface area contributed by atoms with E-state index >= 15 is 0 Å². The van der Waals surface area contributed by atoms with E-state index in [1.165, 1.54) is 4.68 Å². The quantitative estimate of drug-likeness (QED) is 0.817. The molecule has 22 heavy (non-hydrogen) atoms. The Bertz CT molecular complexity index is 746. The number of H-pyrrole nitrogens is 1. The Morgan fingerprint density at radius 1 is 1.32 bits per heavy atom. The number of rotatable bonds is 1. The molecule has 0 spiro atoms. The molecule has 0 unspecified atom stereocenters. The van der Waals surface area contributed by atoms with Crippen LogP contribution in [0, 0.1) is 0 Å². The van der Waals surface area contributed by atoms with Crippen LogP contribution in [-0.4, -0.2) is 20.7 Å². The topological polar surface area (TPSA) is 76.7 Å². The Morgan fingerprint density at radius 3 is 2.95 bits per heavy atom. The predicted octanol–water partition coefficient (Wildman–Crippen LogP) is 3.20. The molecule has 2 aliphatic carbocycles. The van der Waals surface area contributed by atoms with Crippen molar-refractivity contribution in [3.8, 4) is 0 Å². The fourth-order valence-electron chi connectivity index (χ4n) is 3.78. The molecule has 0 aromatic carbocycles. The molecule has 4 rings (SSSR count). The van der Waals surface area contributed by atoms with Crippen molar-refractivity contribution in [2.75, 3.05) is 5.73 Å². The first kappa shape index (κ1) is 14.1. The van der Waals surface area contributed by atoms with Crippen molar-refractivity contribution >= 4 is 27.7 Å². The minimum Gasteiger partial charge on any atom is -0.383 e. The summed E-state index contributed by atoms with van der Waals surface area (Å²) in [6, 6.07) is 2.02. The molecule has 2 aromatic rings. The van der Waals surface area contributed by atoms with Crippen LogP contribution in [0.15, 0.2) is 10.7 Å². The Morgan fingerprint density at radius 2 is 2.14 bits per heavy atom. The van der Waals surface area contributed by atoms with E-state index in [1.54, 1.807) is 0 Å². The van der Waals surface area contributed by atoms with Gasteiger partial charge in [0.1, 0.15) is 5.82 Å². The summed E-state index contributed by atoms with van der Waals surface area (Å²) in [6.45, 7) is 0. The van der Waals surface area contributed by atoms with Crippen molar-refractivity contribution in [2.45, 2.75) is 50.9 Å². The number of hydrogen-bond acceptors (Lipinski definition) is 3. The molecule has 6 heteroatoms. The smallest absolute Gasteiger partial charge is 0.256 e. The van der Waals surface area contributed by atoms with Crippen LogP contribution in [0.1, 0.15) is 58.9 Å². The zero-order valence-electron chi connectivity index (χ0n) is 12.4. The summed E-state index contributed by atoms with van der Waals surface area (Å²) < 4.78 is 2.40.